The third kappa shape index (κ3) is 3.82. The number of halogens is 3. The number of carbonyl (C=O) groups is 1. The van der Waals surface area contributed by atoms with Crippen molar-refractivity contribution in [3.63, 3.8) is 0 Å². The average Bonchev–Trinajstić information content (AvgIpc) is 2.60. The first-order chi connectivity index (χ1) is 8.49. The summed E-state index contributed by atoms with van der Waals surface area (Å²) in [5.41, 5.74) is -1.54. The van der Waals surface area contributed by atoms with Crippen LogP contribution in [0.25, 0.3) is 0 Å². The Labute approximate surface area is 109 Å². The Bertz CT molecular complexity index is 448. The second kappa shape index (κ2) is 5.28. The largest absolute Gasteiger partial charge is 0.480 e. The number of hydrogen-bond donors (Lipinski definition) is 1. The molecule has 112 valence electrons. The Morgan fingerprint density at radius 1 is 1.42 bits per heavy atom. The van der Waals surface area contributed by atoms with Crippen molar-refractivity contribution in [2.75, 3.05) is 12.3 Å². The molecule has 1 unspecified atom stereocenters. The van der Waals surface area contributed by atoms with Crippen molar-refractivity contribution >= 4 is 16.0 Å². The van der Waals surface area contributed by atoms with E-state index in [2.05, 4.69) is 0 Å². The monoisotopic (exact) mass is 303 g/mol. The fourth-order valence-electron chi connectivity index (χ4n) is 2.16. The zero-order valence-corrected chi connectivity index (χ0v) is 11.2. The molecule has 1 heterocycles. The van der Waals surface area contributed by atoms with E-state index >= 15 is 0 Å². The van der Waals surface area contributed by atoms with Gasteiger partial charge in [0, 0.05) is 13.0 Å². The van der Waals surface area contributed by atoms with Crippen LogP contribution in [0.15, 0.2) is 0 Å². The minimum Gasteiger partial charge on any atom is -0.480 e. The van der Waals surface area contributed by atoms with Crippen LogP contribution in [0.3, 0.4) is 0 Å². The Morgan fingerprint density at radius 3 is 2.47 bits per heavy atom. The molecule has 0 radical (unpaired) electrons. The van der Waals surface area contributed by atoms with E-state index in [0.717, 1.165) is 4.31 Å². The number of sulfonamides is 1. The number of alkyl halides is 3. The standard InChI is InChI=1S/C10H16F3NO4S/c1-9(8(15)16)4-2-6-14(9)19(17,18)7-3-5-10(11,12)13/h2-7H2,1H3,(H,15,16). The smallest absolute Gasteiger partial charge is 0.389 e. The van der Waals surface area contributed by atoms with Crippen LogP contribution in [0, 0.1) is 0 Å². The van der Waals surface area contributed by atoms with Crippen molar-refractivity contribution in [1.82, 2.24) is 4.31 Å². The lowest BCUT2D eigenvalue weighted by molar-refractivity contribution is -0.146. The van der Waals surface area contributed by atoms with Crippen molar-refractivity contribution in [2.45, 2.75) is 44.3 Å². The third-order valence-corrected chi connectivity index (χ3v) is 5.30. The molecule has 5 nitrogen and oxygen atoms in total. The Hall–Kier alpha value is -0.830. The van der Waals surface area contributed by atoms with Crippen molar-refractivity contribution in [3.05, 3.63) is 0 Å². The van der Waals surface area contributed by atoms with E-state index in [1.807, 2.05) is 0 Å². The maximum absolute atomic E-state index is 12.0. The number of hydrogen-bond acceptors (Lipinski definition) is 3. The van der Waals surface area contributed by atoms with Crippen LogP contribution < -0.4 is 0 Å². The molecule has 19 heavy (non-hydrogen) atoms. The molecule has 0 aromatic carbocycles. The summed E-state index contributed by atoms with van der Waals surface area (Å²) in [4.78, 5) is 11.1. The minimum atomic E-state index is -4.41. The zero-order valence-electron chi connectivity index (χ0n) is 10.4. The van der Waals surface area contributed by atoms with Gasteiger partial charge in [0.05, 0.1) is 5.75 Å². The van der Waals surface area contributed by atoms with Gasteiger partial charge < -0.3 is 5.11 Å². The van der Waals surface area contributed by atoms with E-state index in [1.165, 1.54) is 6.92 Å². The highest BCUT2D eigenvalue weighted by molar-refractivity contribution is 7.89. The number of aliphatic carboxylic acids is 1. The van der Waals surface area contributed by atoms with E-state index in [9.17, 15) is 26.4 Å². The van der Waals surface area contributed by atoms with Crippen molar-refractivity contribution in [2.24, 2.45) is 0 Å². The van der Waals surface area contributed by atoms with Crippen LogP contribution in [0.1, 0.15) is 32.6 Å². The number of rotatable bonds is 5. The maximum atomic E-state index is 12.0. The molecule has 1 aliphatic heterocycles. The molecule has 0 amide bonds. The Morgan fingerprint density at radius 2 is 2.00 bits per heavy atom. The molecule has 0 aromatic rings. The van der Waals surface area contributed by atoms with Crippen molar-refractivity contribution in [3.8, 4) is 0 Å². The second-order valence-corrected chi connectivity index (χ2v) is 6.80. The summed E-state index contributed by atoms with van der Waals surface area (Å²) in [7, 11) is -3.98. The molecule has 1 aliphatic rings. The van der Waals surface area contributed by atoms with Gasteiger partial charge in [-0.25, -0.2) is 8.42 Å². The van der Waals surface area contributed by atoms with Crippen LogP contribution in [0.2, 0.25) is 0 Å². The van der Waals surface area contributed by atoms with Crippen LogP contribution in [0.5, 0.6) is 0 Å². The fraction of sp³-hybridized carbons (Fsp3) is 0.900. The van der Waals surface area contributed by atoms with Gasteiger partial charge in [0.25, 0.3) is 0 Å². The first-order valence-electron chi connectivity index (χ1n) is 5.80. The Balaban J connectivity index is 2.75. The second-order valence-electron chi connectivity index (χ2n) is 4.79. The first-order valence-corrected chi connectivity index (χ1v) is 7.41. The highest BCUT2D eigenvalue weighted by Crippen LogP contribution is 2.33. The summed E-state index contributed by atoms with van der Waals surface area (Å²) >= 11 is 0. The lowest BCUT2D eigenvalue weighted by Crippen LogP contribution is -2.51. The topological polar surface area (TPSA) is 74.7 Å². The Kier molecular flexibility index (Phi) is 4.51. The summed E-state index contributed by atoms with van der Waals surface area (Å²) in [5.74, 6) is -1.96. The van der Waals surface area contributed by atoms with E-state index in [0.29, 0.717) is 6.42 Å². The number of carboxylic acid groups (broad SMARTS) is 1. The molecule has 0 spiro atoms. The highest BCUT2D eigenvalue weighted by Gasteiger charge is 2.49. The molecule has 1 rings (SSSR count). The van der Waals surface area contributed by atoms with Gasteiger partial charge >= 0.3 is 12.1 Å². The van der Waals surface area contributed by atoms with Crippen LogP contribution >= 0.6 is 0 Å². The molecule has 0 saturated carbocycles. The van der Waals surface area contributed by atoms with Gasteiger partial charge in [0.2, 0.25) is 10.0 Å². The first kappa shape index (κ1) is 16.2. The van der Waals surface area contributed by atoms with Crippen molar-refractivity contribution < 1.29 is 31.5 Å². The molecule has 1 atom stereocenters. The quantitative estimate of drug-likeness (QED) is 0.837. The molecule has 9 heteroatoms. The number of nitrogens with zero attached hydrogens (tertiary/aromatic N) is 1. The van der Waals surface area contributed by atoms with Gasteiger partial charge in [0.15, 0.2) is 0 Å². The van der Waals surface area contributed by atoms with E-state index in [-0.39, 0.29) is 13.0 Å². The average molecular weight is 303 g/mol. The van der Waals surface area contributed by atoms with Crippen LogP contribution in [0.4, 0.5) is 13.2 Å². The predicted octanol–water partition coefficient (Wildman–Crippen LogP) is 1.60. The SMILES string of the molecule is CC1(C(=O)O)CCCN1S(=O)(=O)CCCC(F)(F)F. The molecule has 1 N–H and O–H groups in total. The molecular weight excluding hydrogens is 287 g/mol. The van der Waals surface area contributed by atoms with E-state index in [4.69, 9.17) is 5.11 Å². The molecule has 1 fully saturated rings. The van der Waals surface area contributed by atoms with Crippen molar-refractivity contribution in [1.29, 1.82) is 0 Å². The van der Waals surface area contributed by atoms with Gasteiger partial charge in [-0.1, -0.05) is 0 Å². The summed E-state index contributed by atoms with van der Waals surface area (Å²) in [6, 6.07) is 0. The van der Waals surface area contributed by atoms with Gasteiger partial charge in [-0.15, -0.1) is 0 Å². The summed E-state index contributed by atoms with van der Waals surface area (Å²) in [6.07, 6.45) is -5.60. The van der Waals surface area contributed by atoms with Gasteiger partial charge in [-0.2, -0.15) is 17.5 Å². The van der Waals surface area contributed by atoms with Crippen LogP contribution in [-0.4, -0.2) is 47.8 Å². The van der Waals surface area contributed by atoms with Gasteiger partial charge in [-0.05, 0) is 26.2 Å². The molecule has 0 bridgehead atoms. The normalized spacial score (nSPS) is 25.7. The summed E-state index contributed by atoms with van der Waals surface area (Å²) < 4.78 is 60.6. The van der Waals surface area contributed by atoms with E-state index in [1.54, 1.807) is 0 Å². The summed E-state index contributed by atoms with van der Waals surface area (Å²) in [6.45, 7) is 1.32. The predicted molar refractivity (Wildman–Crippen MR) is 61.1 cm³/mol. The summed E-state index contributed by atoms with van der Waals surface area (Å²) in [5, 5.41) is 9.07. The fourth-order valence-corrected chi connectivity index (χ4v) is 4.08. The molecule has 0 aromatic heterocycles. The number of carboxylic acids is 1. The molecule has 0 aliphatic carbocycles. The lowest BCUT2D eigenvalue weighted by Gasteiger charge is -2.30. The molecule has 1 saturated heterocycles. The maximum Gasteiger partial charge on any atom is 0.389 e. The van der Waals surface area contributed by atoms with Gasteiger partial charge in [0.1, 0.15) is 5.54 Å². The lowest BCUT2D eigenvalue weighted by atomic mass is 10.0. The van der Waals surface area contributed by atoms with Crippen LogP contribution in [-0.2, 0) is 14.8 Å². The van der Waals surface area contributed by atoms with Gasteiger partial charge in [-0.3, -0.25) is 4.79 Å². The minimum absolute atomic E-state index is 0.0388. The third-order valence-electron chi connectivity index (χ3n) is 3.23. The highest BCUT2D eigenvalue weighted by atomic mass is 32.2. The van der Waals surface area contributed by atoms with E-state index < -0.39 is 46.3 Å². The zero-order chi connectivity index (χ0) is 14.9. The molecular formula is C10H16F3NO4S.